The number of hydrogen-bond donors (Lipinski definition) is 2. The molecular weight excluding hydrogens is 561 g/mol. The molecule has 2 aliphatic rings. The summed E-state index contributed by atoms with van der Waals surface area (Å²) in [5.74, 6) is -0.476. The van der Waals surface area contributed by atoms with Gasteiger partial charge in [0.25, 0.3) is 0 Å². The summed E-state index contributed by atoms with van der Waals surface area (Å²) in [7, 11) is -1.89. The number of benzene rings is 1. The zero-order valence-electron chi connectivity index (χ0n) is 22.0. The average molecular weight is 595 g/mol. The number of urea groups is 1. The molecule has 1 aliphatic heterocycles. The van der Waals surface area contributed by atoms with Gasteiger partial charge in [-0.05, 0) is 61.7 Å². The van der Waals surface area contributed by atoms with Gasteiger partial charge in [0.2, 0.25) is 5.91 Å². The first-order chi connectivity index (χ1) is 17.2. The molecular formula is C25H33BrFN5O4Si. The molecule has 3 amide bonds. The van der Waals surface area contributed by atoms with Crippen LogP contribution in [0.5, 0.6) is 0 Å². The highest BCUT2D eigenvalue weighted by Crippen LogP contribution is 2.56. The maximum Gasteiger partial charge on any atom is 0.436 e. The number of aromatic nitrogens is 2. The highest BCUT2D eigenvalue weighted by atomic mass is 79.9. The summed E-state index contributed by atoms with van der Waals surface area (Å²) in [6.07, 6.45) is 1.90. The molecule has 1 aromatic carbocycles. The molecule has 1 aliphatic carbocycles. The molecule has 2 heterocycles. The molecule has 0 bridgehead atoms. The van der Waals surface area contributed by atoms with Crippen LogP contribution in [0.2, 0.25) is 24.7 Å². The second-order valence-electron chi connectivity index (χ2n) is 11.1. The summed E-state index contributed by atoms with van der Waals surface area (Å²) in [5.41, 5.74) is 0.0925. The highest BCUT2D eigenvalue weighted by Gasteiger charge is 2.54. The van der Waals surface area contributed by atoms with E-state index in [2.05, 4.69) is 51.3 Å². The molecule has 1 aromatic heterocycles. The van der Waals surface area contributed by atoms with Crippen LogP contribution < -0.4 is 10.6 Å². The Morgan fingerprint density at radius 1 is 1.19 bits per heavy atom. The molecule has 1 fully saturated rings. The van der Waals surface area contributed by atoms with Gasteiger partial charge in [-0.25, -0.2) is 14.0 Å². The number of rotatable bonds is 5. The Morgan fingerprint density at radius 3 is 2.41 bits per heavy atom. The number of nitrogens with one attached hydrogen (secondary N) is 2. The van der Waals surface area contributed by atoms with Crippen molar-refractivity contribution in [3.05, 3.63) is 39.7 Å². The standard InChI is InChI=1S/C25H33BrFN5O4Si/c1-7-36-23(35)32-20(29-21(33)25(12-9-13-25)37(4,5)6)15-14-31(24(2,3)19(15)30-32)22(34)28-18-16(26)10-8-11-17(18)27/h8,10-11H,7,9,12-14H2,1-6H3,(H,28,34)(H,29,33). The zero-order chi connectivity index (χ0) is 27.3. The summed E-state index contributed by atoms with van der Waals surface area (Å²) in [5, 5.41) is 9.73. The van der Waals surface area contributed by atoms with Crippen LogP contribution in [-0.4, -0.2) is 47.4 Å². The SMILES string of the molecule is CCOC(=O)n1nc2c(c1NC(=O)C1([Si](C)(C)C)CCC1)CN(C(=O)Nc1c(F)cccc1Br)C2(C)C. The lowest BCUT2D eigenvalue weighted by atomic mass is 9.83. The minimum atomic E-state index is -1.89. The summed E-state index contributed by atoms with van der Waals surface area (Å²) in [4.78, 5) is 41.3. The van der Waals surface area contributed by atoms with E-state index in [9.17, 15) is 18.8 Å². The fraction of sp³-hybridized carbons (Fsp3) is 0.520. The fourth-order valence-corrected chi connectivity index (χ4v) is 8.25. The molecule has 0 radical (unpaired) electrons. The predicted molar refractivity (Wildman–Crippen MR) is 145 cm³/mol. The Bertz CT molecular complexity index is 1250. The van der Waals surface area contributed by atoms with Crippen molar-refractivity contribution in [2.45, 2.75) is 76.8 Å². The lowest BCUT2D eigenvalue weighted by molar-refractivity contribution is -0.121. The van der Waals surface area contributed by atoms with Crippen molar-refractivity contribution in [3.8, 4) is 0 Å². The third-order valence-electron chi connectivity index (χ3n) is 7.74. The fourth-order valence-electron chi connectivity index (χ4n) is 5.21. The molecule has 12 heteroatoms. The van der Waals surface area contributed by atoms with E-state index in [0.717, 1.165) is 23.9 Å². The average Bonchev–Trinajstić information content (AvgIpc) is 3.23. The van der Waals surface area contributed by atoms with E-state index in [1.165, 1.54) is 17.0 Å². The quantitative estimate of drug-likeness (QED) is 0.397. The molecule has 37 heavy (non-hydrogen) atoms. The van der Waals surface area contributed by atoms with Crippen LogP contribution in [0.4, 0.5) is 25.5 Å². The van der Waals surface area contributed by atoms with Crippen molar-refractivity contribution in [2.24, 2.45) is 0 Å². The van der Waals surface area contributed by atoms with Gasteiger partial charge in [-0.15, -0.1) is 4.68 Å². The normalized spacial score (nSPS) is 17.6. The van der Waals surface area contributed by atoms with Crippen molar-refractivity contribution in [1.29, 1.82) is 0 Å². The van der Waals surface area contributed by atoms with E-state index in [-0.39, 0.29) is 30.6 Å². The summed E-state index contributed by atoms with van der Waals surface area (Å²) < 4.78 is 21.1. The number of carbonyl (C=O) groups excluding carboxylic acids is 3. The van der Waals surface area contributed by atoms with Crippen LogP contribution in [0.3, 0.4) is 0 Å². The zero-order valence-corrected chi connectivity index (χ0v) is 24.6. The molecule has 200 valence electrons. The van der Waals surface area contributed by atoms with Gasteiger partial charge < -0.3 is 20.3 Å². The van der Waals surface area contributed by atoms with Gasteiger partial charge in [0.15, 0.2) is 0 Å². The van der Waals surface area contributed by atoms with Crippen LogP contribution in [-0.2, 0) is 21.6 Å². The van der Waals surface area contributed by atoms with Crippen LogP contribution in [0.25, 0.3) is 0 Å². The van der Waals surface area contributed by atoms with E-state index < -0.39 is 36.6 Å². The molecule has 2 aromatic rings. The first kappa shape index (κ1) is 27.3. The summed E-state index contributed by atoms with van der Waals surface area (Å²) in [6, 6.07) is 3.89. The molecule has 1 saturated carbocycles. The van der Waals surface area contributed by atoms with Gasteiger partial charge in [-0.1, -0.05) is 32.1 Å². The molecule has 0 saturated heterocycles. The van der Waals surface area contributed by atoms with Crippen molar-refractivity contribution in [2.75, 3.05) is 17.2 Å². The Morgan fingerprint density at radius 2 is 1.86 bits per heavy atom. The van der Waals surface area contributed by atoms with Crippen molar-refractivity contribution in [3.63, 3.8) is 0 Å². The Labute approximate surface area is 225 Å². The number of anilines is 2. The second-order valence-corrected chi connectivity index (χ2v) is 17.4. The third-order valence-corrected chi connectivity index (χ3v) is 12.0. The van der Waals surface area contributed by atoms with E-state index in [1.807, 2.05) is 0 Å². The van der Waals surface area contributed by atoms with Crippen molar-refractivity contribution in [1.82, 2.24) is 14.7 Å². The van der Waals surface area contributed by atoms with Gasteiger partial charge in [0.1, 0.15) is 11.6 Å². The maximum atomic E-state index is 14.4. The van der Waals surface area contributed by atoms with Crippen LogP contribution in [0.1, 0.15) is 51.3 Å². The third kappa shape index (κ3) is 4.47. The molecule has 4 rings (SSSR count). The Kier molecular flexibility index (Phi) is 7.04. The number of carbonyl (C=O) groups is 3. The monoisotopic (exact) mass is 593 g/mol. The molecule has 9 nitrogen and oxygen atoms in total. The molecule has 0 spiro atoms. The topological polar surface area (TPSA) is 106 Å². The minimum absolute atomic E-state index is 0.0278. The highest BCUT2D eigenvalue weighted by molar-refractivity contribution is 9.10. The van der Waals surface area contributed by atoms with Crippen molar-refractivity contribution >= 4 is 53.5 Å². The van der Waals surface area contributed by atoms with Gasteiger partial charge in [0, 0.05) is 15.1 Å². The first-order valence-electron chi connectivity index (χ1n) is 12.4. The molecule has 0 unspecified atom stereocenters. The number of hydrogen-bond acceptors (Lipinski definition) is 5. The van der Waals surface area contributed by atoms with Crippen LogP contribution in [0.15, 0.2) is 22.7 Å². The van der Waals surface area contributed by atoms with Crippen molar-refractivity contribution < 1.29 is 23.5 Å². The minimum Gasteiger partial charge on any atom is -0.448 e. The molecule has 0 atom stereocenters. The lowest BCUT2D eigenvalue weighted by Gasteiger charge is -2.48. The summed E-state index contributed by atoms with van der Waals surface area (Å²) in [6.45, 7) is 12.0. The Hall–Kier alpha value is -2.73. The van der Waals surface area contributed by atoms with E-state index in [1.54, 1.807) is 26.8 Å². The van der Waals surface area contributed by atoms with Gasteiger partial charge >= 0.3 is 12.1 Å². The number of amides is 3. The largest absolute Gasteiger partial charge is 0.448 e. The first-order valence-corrected chi connectivity index (χ1v) is 16.7. The predicted octanol–water partition coefficient (Wildman–Crippen LogP) is 6.27. The van der Waals surface area contributed by atoms with E-state index >= 15 is 0 Å². The van der Waals surface area contributed by atoms with Crippen LogP contribution in [0, 0.1) is 5.82 Å². The van der Waals surface area contributed by atoms with Gasteiger partial charge in [-0.3, -0.25) is 4.79 Å². The second kappa shape index (κ2) is 9.54. The molecule has 2 N–H and O–H groups in total. The number of nitrogens with zero attached hydrogens (tertiary/aromatic N) is 3. The lowest BCUT2D eigenvalue weighted by Crippen LogP contribution is -2.52. The summed E-state index contributed by atoms with van der Waals surface area (Å²) >= 11 is 3.27. The Balaban J connectivity index is 1.70. The van der Waals surface area contributed by atoms with Gasteiger partial charge in [0.05, 0.1) is 38.1 Å². The number of fused-ring (bicyclic) bond motifs is 1. The smallest absolute Gasteiger partial charge is 0.436 e. The number of para-hydroxylation sites is 1. The number of halogens is 2. The van der Waals surface area contributed by atoms with Gasteiger partial charge in [-0.2, -0.15) is 5.10 Å². The van der Waals surface area contributed by atoms with E-state index in [4.69, 9.17) is 4.74 Å². The van der Waals surface area contributed by atoms with Crippen LogP contribution >= 0.6 is 15.9 Å². The van der Waals surface area contributed by atoms with E-state index in [0.29, 0.717) is 15.7 Å². The maximum absolute atomic E-state index is 14.4. The number of ether oxygens (including phenoxy) is 1.